The molecule has 0 amide bonds. The first-order valence-electron chi connectivity index (χ1n) is 9.41. The fraction of sp³-hybridized carbons (Fsp3) is 0.476. The summed E-state index contributed by atoms with van der Waals surface area (Å²) in [6, 6.07) is 13.9. The van der Waals surface area contributed by atoms with Crippen molar-refractivity contribution in [2.45, 2.75) is 25.9 Å². The van der Waals surface area contributed by atoms with Crippen LogP contribution in [0.1, 0.15) is 29.8 Å². The van der Waals surface area contributed by atoms with Crippen LogP contribution in [0.3, 0.4) is 0 Å². The van der Waals surface area contributed by atoms with Crippen LogP contribution < -0.4 is 4.90 Å². The molecule has 3 heterocycles. The SMILES string of the molecule is CC1c2cccnc2CCN1Cc1ccc(N2CCN(C)CC2)cc1. The molecule has 1 unspecified atom stereocenters. The lowest BCUT2D eigenvalue weighted by atomic mass is 9.97. The summed E-state index contributed by atoms with van der Waals surface area (Å²) in [7, 11) is 2.20. The highest BCUT2D eigenvalue weighted by molar-refractivity contribution is 5.48. The Bertz CT molecular complexity index is 704. The summed E-state index contributed by atoms with van der Waals surface area (Å²) in [6.45, 7) is 8.97. The van der Waals surface area contributed by atoms with Crippen LogP contribution >= 0.6 is 0 Å². The van der Waals surface area contributed by atoms with Crippen LogP contribution in [0.4, 0.5) is 5.69 Å². The molecular weight excluding hydrogens is 308 g/mol. The number of fused-ring (bicyclic) bond motifs is 1. The second kappa shape index (κ2) is 7.14. The summed E-state index contributed by atoms with van der Waals surface area (Å²) in [4.78, 5) is 12.0. The van der Waals surface area contributed by atoms with Crippen molar-refractivity contribution in [1.82, 2.24) is 14.8 Å². The first-order chi connectivity index (χ1) is 12.2. The Morgan fingerprint density at radius 1 is 1.00 bits per heavy atom. The van der Waals surface area contributed by atoms with Gasteiger partial charge in [-0.15, -0.1) is 0 Å². The summed E-state index contributed by atoms with van der Waals surface area (Å²) < 4.78 is 0. The Hall–Kier alpha value is -1.91. The third kappa shape index (κ3) is 3.55. The Kier molecular flexibility index (Phi) is 4.73. The smallest absolute Gasteiger partial charge is 0.0464 e. The van der Waals surface area contributed by atoms with E-state index in [-0.39, 0.29) is 0 Å². The van der Waals surface area contributed by atoms with Crippen LogP contribution in [0.5, 0.6) is 0 Å². The van der Waals surface area contributed by atoms with E-state index in [0.29, 0.717) is 6.04 Å². The molecule has 0 radical (unpaired) electrons. The highest BCUT2D eigenvalue weighted by atomic mass is 15.2. The number of rotatable bonds is 3. The third-order valence-electron chi connectivity index (χ3n) is 5.75. The average molecular weight is 336 g/mol. The lowest BCUT2D eigenvalue weighted by Gasteiger charge is -2.35. The number of likely N-dealkylation sites (N-methyl/N-ethyl adjacent to an activating group) is 1. The normalized spacial score (nSPS) is 22.0. The zero-order chi connectivity index (χ0) is 17.2. The summed E-state index contributed by atoms with van der Waals surface area (Å²) in [5.41, 5.74) is 5.43. The molecule has 25 heavy (non-hydrogen) atoms. The monoisotopic (exact) mass is 336 g/mol. The van der Waals surface area contributed by atoms with E-state index < -0.39 is 0 Å². The van der Waals surface area contributed by atoms with Crippen LogP contribution in [0, 0.1) is 0 Å². The van der Waals surface area contributed by atoms with Gasteiger partial charge in [-0.05, 0) is 43.3 Å². The Morgan fingerprint density at radius 2 is 1.76 bits per heavy atom. The van der Waals surface area contributed by atoms with Crippen LogP contribution in [-0.2, 0) is 13.0 Å². The fourth-order valence-corrected chi connectivity index (χ4v) is 4.01. The van der Waals surface area contributed by atoms with E-state index in [1.807, 2.05) is 6.20 Å². The number of pyridine rings is 1. The number of anilines is 1. The molecule has 0 bridgehead atoms. The van der Waals surface area contributed by atoms with Gasteiger partial charge in [-0.1, -0.05) is 18.2 Å². The van der Waals surface area contributed by atoms with Crippen LogP contribution in [0.25, 0.3) is 0 Å². The molecule has 2 aliphatic heterocycles. The van der Waals surface area contributed by atoms with Gasteiger partial charge in [0.15, 0.2) is 0 Å². The molecule has 0 saturated carbocycles. The maximum atomic E-state index is 4.54. The molecule has 0 spiro atoms. The molecular formula is C21H28N4. The van der Waals surface area contributed by atoms with E-state index in [4.69, 9.17) is 0 Å². The van der Waals surface area contributed by atoms with E-state index in [1.165, 1.54) is 22.5 Å². The minimum Gasteiger partial charge on any atom is -0.369 e. The molecule has 1 saturated heterocycles. The number of hydrogen-bond acceptors (Lipinski definition) is 4. The van der Waals surface area contributed by atoms with Crippen LogP contribution in [0.15, 0.2) is 42.6 Å². The van der Waals surface area contributed by atoms with Gasteiger partial charge in [-0.2, -0.15) is 0 Å². The van der Waals surface area contributed by atoms with E-state index in [1.54, 1.807) is 0 Å². The highest BCUT2D eigenvalue weighted by Gasteiger charge is 2.24. The lowest BCUT2D eigenvalue weighted by molar-refractivity contribution is 0.188. The van der Waals surface area contributed by atoms with Crippen LogP contribution in [-0.4, -0.2) is 54.6 Å². The minimum absolute atomic E-state index is 0.440. The first-order valence-corrected chi connectivity index (χ1v) is 9.41. The summed E-state index contributed by atoms with van der Waals surface area (Å²) in [5.74, 6) is 0. The van der Waals surface area contributed by atoms with E-state index in [0.717, 1.165) is 45.7 Å². The van der Waals surface area contributed by atoms with Gasteiger partial charge in [0.1, 0.15) is 0 Å². The fourth-order valence-electron chi connectivity index (χ4n) is 4.01. The quantitative estimate of drug-likeness (QED) is 0.859. The first kappa shape index (κ1) is 16.6. The molecule has 2 aromatic rings. The van der Waals surface area contributed by atoms with Crippen LogP contribution in [0.2, 0.25) is 0 Å². The molecule has 0 N–H and O–H groups in total. The second-order valence-corrected chi connectivity index (χ2v) is 7.39. The Labute approximate surface area is 151 Å². The van der Waals surface area contributed by atoms with Crippen molar-refractivity contribution >= 4 is 5.69 Å². The van der Waals surface area contributed by atoms with Crippen molar-refractivity contribution in [1.29, 1.82) is 0 Å². The van der Waals surface area contributed by atoms with E-state index >= 15 is 0 Å². The second-order valence-electron chi connectivity index (χ2n) is 7.39. The minimum atomic E-state index is 0.440. The van der Waals surface area contributed by atoms with Gasteiger partial charge in [0, 0.05) is 69.3 Å². The molecule has 4 nitrogen and oxygen atoms in total. The molecule has 1 fully saturated rings. The van der Waals surface area contributed by atoms with Gasteiger partial charge in [0.25, 0.3) is 0 Å². The molecule has 4 heteroatoms. The number of piperazine rings is 1. The molecule has 2 aliphatic rings. The number of benzene rings is 1. The van der Waals surface area contributed by atoms with E-state index in [9.17, 15) is 0 Å². The van der Waals surface area contributed by atoms with Gasteiger partial charge in [0.2, 0.25) is 0 Å². The van der Waals surface area contributed by atoms with Gasteiger partial charge in [-0.25, -0.2) is 0 Å². The Morgan fingerprint density at radius 3 is 2.52 bits per heavy atom. The largest absolute Gasteiger partial charge is 0.369 e. The maximum Gasteiger partial charge on any atom is 0.0464 e. The standard InChI is InChI=1S/C21H28N4/c1-17-20-4-3-10-22-21(20)9-11-25(17)16-18-5-7-19(8-6-18)24-14-12-23(2)13-15-24/h3-8,10,17H,9,11-16H2,1-2H3. The van der Waals surface area contributed by atoms with Crippen molar-refractivity contribution in [3.8, 4) is 0 Å². The zero-order valence-electron chi connectivity index (χ0n) is 15.4. The van der Waals surface area contributed by atoms with Gasteiger partial charge < -0.3 is 9.80 Å². The lowest BCUT2D eigenvalue weighted by Crippen LogP contribution is -2.44. The predicted octanol–water partition coefficient (Wildman–Crippen LogP) is 2.95. The van der Waals surface area contributed by atoms with Crippen molar-refractivity contribution in [3.05, 3.63) is 59.4 Å². The number of nitrogens with zero attached hydrogens (tertiary/aromatic N) is 4. The van der Waals surface area contributed by atoms with Gasteiger partial charge in [-0.3, -0.25) is 9.88 Å². The molecule has 132 valence electrons. The van der Waals surface area contributed by atoms with Gasteiger partial charge in [0.05, 0.1) is 0 Å². The third-order valence-corrected chi connectivity index (χ3v) is 5.75. The Balaban J connectivity index is 1.42. The average Bonchev–Trinajstić information content (AvgIpc) is 2.66. The predicted molar refractivity (Wildman–Crippen MR) is 103 cm³/mol. The molecule has 1 aromatic heterocycles. The molecule has 1 aromatic carbocycles. The van der Waals surface area contributed by atoms with Gasteiger partial charge >= 0.3 is 0 Å². The zero-order valence-corrected chi connectivity index (χ0v) is 15.4. The van der Waals surface area contributed by atoms with Crippen molar-refractivity contribution in [3.63, 3.8) is 0 Å². The molecule has 0 aliphatic carbocycles. The maximum absolute atomic E-state index is 4.54. The van der Waals surface area contributed by atoms with Crippen molar-refractivity contribution in [2.75, 3.05) is 44.7 Å². The van der Waals surface area contributed by atoms with E-state index in [2.05, 4.69) is 70.1 Å². The summed E-state index contributed by atoms with van der Waals surface area (Å²) in [6.07, 6.45) is 2.97. The van der Waals surface area contributed by atoms with Crippen molar-refractivity contribution < 1.29 is 0 Å². The summed E-state index contributed by atoms with van der Waals surface area (Å²) in [5, 5.41) is 0. The highest BCUT2D eigenvalue weighted by Crippen LogP contribution is 2.29. The molecule has 1 atom stereocenters. The number of aromatic nitrogens is 1. The topological polar surface area (TPSA) is 22.6 Å². The van der Waals surface area contributed by atoms with Crippen molar-refractivity contribution in [2.24, 2.45) is 0 Å². The number of hydrogen-bond donors (Lipinski definition) is 0. The molecule has 4 rings (SSSR count). The summed E-state index contributed by atoms with van der Waals surface area (Å²) >= 11 is 0.